The van der Waals surface area contributed by atoms with Gasteiger partial charge in [-0.15, -0.1) is 0 Å². The summed E-state index contributed by atoms with van der Waals surface area (Å²) in [5, 5.41) is 9.72. The third kappa shape index (κ3) is 2.98. The quantitative estimate of drug-likeness (QED) is 0.817. The Morgan fingerprint density at radius 1 is 1.38 bits per heavy atom. The fourth-order valence-electron chi connectivity index (χ4n) is 3.23. The summed E-state index contributed by atoms with van der Waals surface area (Å²) >= 11 is 3.44. The highest BCUT2D eigenvalue weighted by Gasteiger charge is 2.49. The van der Waals surface area contributed by atoms with Gasteiger partial charge >= 0.3 is 0 Å². The number of carbonyl (C=O) groups is 1. The van der Waals surface area contributed by atoms with Crippen LogP contribution in [0.15, 0.2) is 22.7 Å². The van der Waals surface area contributed by atoms with Crippen molar-refractivity contribution < 1.29 is 9.53 Å². The molecule has 1 fully saturated rings. The molecule has 1 aliphatic carbocycles. The normalized spacial score (nSPS) is 24.4. The Hall–Kier alpha value is -1.34. The van der Waals surface area contributed by atoms with Crippen LogP contribution in [-0.2, 0) is 11.2 Å². The molecule has 1 aromatic carbocycles. The number of nitriles is 1. The Labute approximate surface area is 134 Å². The van der Waals surface area contributed by atoms with Crippen molar-refractivity contribution in [1.82, 2.24) is 0 Å². The lowest BCUT2D eigenvalue weighted by atomic mass is 9.61. The molecule has 0 aliphatic heterocycles. The minimum atomic E-state index is -0.935. The first-order valence-electron chi connectivity index (χ1n) is 7.13. The van der Waals surface area contributed by atoms with Gasteiger partial charge in [0.2, 0.25) is 0 Å². The number of methoxy groups -OCH3 is 1. The second-order valence-corrected chi connectivity index (χ2v) is 7.31. The van der Waals surface area contributed by atoms with Crippen LogP contribution in [0.25, 0.3) is 0 Å². The van der Waals surface area contributed by atoms with E-state index in [0.29, 0.717) is 12.8 Å². The van der Waals surface area contributed by atoms with Gasteiger partial charge in [-0.3, -0.25) is 4.79 Å². The van der Waals surface area contributed by atoms with E-state index in [1.54, 1.807) is 7.11 Å². The van der Waals surface area contributed by atoms with Gasteiger partial charge in [0.25, 0.3) is 0 Å². The zero-order valence-electron chi connectivity index (χ0n) is 12.7. The fraction of sp³-hybridized carbons (Fsp3) is 0.529. The van der Waals surface area contributed by atoms with Crippen LogP contribution in [0.1, 0.15) is 38.7 Å². The van der Waals surface area contributed by atoms with Crippen LogP contribution in [0.5, 0.6) is 5.75 Å². The Kier molecular flexibility index (Phi) is 4.43. The van der Waals surface area contributed by atoms with Crippen molar-refractivity contribution in [2.75, 3.05) is 7.11 Å². The van der Waals surface area contributed by atoms with Gasteiger partial charge in [0.15, 0.2) is 5.78 Å². The highest BCUT2D eigenvalue weighted by Crippen LogP contribution is 2.45. The molecule has 112 valence electrons. The van der Waals surface area contributed by atoms with Gasteiger partial charge in [0.05, 0.1) is 13.2 Å². The molecular formula is C17H20BrNO2. The highest BCUT2D eigenvalue weighted by molar-refractivity contribution is 9.10. The first kappa shape index (κ1) is 16.0. The van der Waals surface area contributed by atoms with E-state index in [9.17, 15) is 10.1 Å². The van der Waals surface area contributed by atoms with Gasteiger partial charge in [-0.1, -0.05) is 36.2 Å². The first-order chi connectivity index (χ1) is 9.84. The van der Waals surface area contributed by atoms with Gasteiger partial charge < -0.3 is 4.74 Å². The molecule has 0 spiro atoms. The van der Waals surface area contributed by atoms with Gasteiger partial charge in [0.1, 0.15) is 11.2 Å². The lowest BCUT2D eigenvalue weighted by Crippen LogP contribution is -2.45. The molecule has 0 bridgehead atoms. The maximum Gasteiger partial charge on any atom is 0.158 e. The zero-order valence-corrected chi connectivity index (χ0v) is 14.3. The Bertz CT molecular complexity index is 603. The molecule has 0 N–H and O–H groups in total. The minimum Gasteiger partial charge on any atom is -0.496 e. The van der Waals surface area contributed by atoms with Crippen LogP contribution in [0.3, 0.4) is 0 Å². The molecular weight excluding hydrogens is 330 g/mol. The molecule has 0 heterocycles. The number of ketones is 1. The summed E-state index contributed by atoms with van der Waals surface area (Å²) < 4.78 is 6.30. The molecule has 2 rings (SSSR count). The Balaban J connectivity index is 2.42. The summed E-state index contributed by atoms with van der Waals surface area (Å²) in [6.07, 6.45) is 2.79. The van der Waals surface area contributed by atoms with E-state index >= 15 is 0 Å². The fourth-order valence-corrected chi connectivity index (χ4v) is 3.64. The van der Waals surface area contributed by atoms with Gasteiger partial charge in [-0.05, 0) is 36.6 Å². The van der Waals surface area contributed by atoms with Crippen LogP contribution in [0, 0.1) is 22.2 Å². The molecule has 3 nitrogen and oxygen atoms in total. The number of Topliss-reactive ketones (excluding diaryl/α,β-unsaturated/α-hetero) is 1. The number of ether oxygens (including phenoxy) is 1. The summed E-state index contributed by atoms with van der Waals surface area (Å²) in [5.74, 6) is 0.787. The number of carbonyl (C=O) groups excluding carboxylic acids is 1. The molecule has 0 aromatic heterocycles. The van der Waals surface area contributed by atoms with Crippen molar-refractivity contribution in [3.63, 3.8) is 0 Å². The van der Waals surface area contributed by atoms with Crippen LogP contribution in [0.2, 0.25) is 0 Å². The average Bonchev–Trinajstić information content (AvgIpc) is 2.44. The number of benzene rings is 1. The summed E-state index contributed by atoms with van der Waals surface area (Å²) in [4.78, 5) is 12.8. The van der Waals surface area contributed by atoms with E-state index in [2.05, 4.69) is 22.0 Å². The molecule has 0 saturated heterocycles. The van der Waals surface area contributed by atoms with Crippen LogP contribution >= 0.6 is 15.9 Å². The van der Waals surface area contributed by atoms with E-state index < -0.39 is 10.8 Å². The van der Waals surface area contributed by atoms with Crippen LogP contribution in [0.4, 0.5) is 0 Å². The standard InChI is InChI=1S/C17H20BrNO2/c1-16(2)7-4-8-17(11-19,15(16)20)10-12-9-13(18)5-6-14(12)21-3/h5-6,9H,4,7-8,10H2,1-3H3. The molecule has 1 unspecified atom stereocenters. The van der Waals surface area contributed by atoms with Gasteiger partial charge in [-0.2, -0.15) is 5.26 Å². The molecule has 0 radical (unpaired) electrons. The molecule has 1 aromatic rings. The van der Waals surface area contributed by atoms with E-state index in [1.807, 2.05) is 32.0 Å². The zero-order chi connectivity index (χ0) is 15.7. The van der Waals surface area contributed by atoms with Gasteiger partial charge in [0, 0.05) is 16.3 Å². The molecule has 1 saturated carbocycles. The van der Waals surface area contributed by atoms with Crippen molar-refractivity contribution in [3.8, 4) is 11.8 Å². The SMILES string of the molecule is COc1ccc(Br)cc1CC1(C#N)CCCC(C)(C)C1=O. The Morgan fingerprint density at radius 2 is 2.10 bits per heavy atom. The van der Waals surface area contributed by atoms with E-state index in [4.69, 9.17) is 4.74 Å². The topological polar surface area (TPSA) is 50.1 Å². The molecule has 4 heteroatoms. The number of halogens is 1. The predicted molar refractivity (Wildman–Crippen MR) is 85.1 cm³/mol. The summed E-state index contributed by atoms with van der Waals surface area (Å²) in [6, 6.07) is 8.02. The van der Waals surface area contributed by atoms with Crippen molar-refractivity contribution in [3.05, 3.63) is 28.2 Å². The number of rotatable bonds is 3. The molecule has 0 amide bonds. The highest BCUT2D eigenvalue weighted by atomic mass is 79.9. The smallest absolute Gasteiger partial charge is 0.158 e. The Morgan fingerprint density at radius 3 is 2.71 bits per heavy atom. The average molecular weight is 350 g/mol. The second-order valence-electron chi connectivity index (χ2n) is 6.39. The second kappa shape index (κ2) is 5.81. The maximum atomic E-state index is 12.8. The lowest BCUT2D eigenvalue weighted by molar-refractivity contribution is -0.138. The van der Waals surface area contributed by atoms with Crippen molar-refractivity contribution in [2.24, 2.45) is 10.8 Å². The maximum absolute atomic E-state index is 12.8. The molecule has 21 heavy (non-hydrogen) atoms. The lowest BCUT2D eigenvalue weighted by Gasteiger charge is -2.39. The summed E-state index contributed by atoms with van der Waals surface area (Å²) in [7, 11) is 1.61. The predicted octanol–water partition coefficient (Wildman–Crippen LogP) is 4.29. The summed E-state index contributed by atoms with van der Waals surface area (Å²) in [5.41, 5.74) is -0.456. The van der Waals surface area contributed by atoms with Crippen molar-refractivity contribution in [1.29, 1.82) is 5.26 Å². The van der Waals surface area contributed by atoms with Crippen molar-refractivity contribution in [2.45, 2.75) is 39.5 Å². The van der Waals surface area contributed by atoms with Crippen LogP contribution in [-0.4, -0.2) is 12.9 Å². The number of hydrogen-bond acceptors (Lipinski definition) is 3. The number of hydrogen-bond donors (Lipinski definition) is 0. The molecule has 1 atom stereocenters. The molecule has 1 aliphatic rings. The first-order valence-corrected chi connectivity index (χ1v) is 7.92. The number of nitrogens with zero attached hydrogens (tertiary/aromatic N) is 1. The third-order valence-corrected chi connectivity index (χ3v) is 4.90. The van der Waals surface area contributed by atoms with E-state index in [-0.39, 0.29) is 5.78 Å². The van der Waals surface area contributed by atoms with Gasteiger partial charge in [-0.25, -0.2) is 0 Å². The van der Waals surface area contributed by atoms with Crippen molar-refractivity contribution >= 4 is 21.7 Å². The monoisotopic (exact) mass is 349 g/mol. The third-order valence-electron chi connectivity index (χ3n) is 4.40. The van der Waals surface area contributed by atoms with E-state index in [0.717, 1.165) is 28.6 Å². The minimum absolute atomic E-state index is 0.0609. The van der Waals surface area contributed by atoms with E-state index in [1.165, 1.54) is 0 Å². The largest absolute Gasteiger partial charge is 0.496 e. The summed E-state index contributed by atoms with van der Waals surface area (Å²) in [6.45, 7) is 3.89. The van der Waals surface area contributed by atoms with Crippen LogP contribution < -0.4 is 4.74 Å².